The summed E-state index contributed by atoms with van der Waals surface area (Å²) in [6, 6.07) is 30.0. The molecule has 2 atom stereocenters. The molecule has 0 spiro atoms. The van der Waals surface area contributed by atoms with Crippen LogP contribution in [0.3, 0.4) is 0 Å². The number of carbonyl (C=O) groups excluding carboxylic acids is 1. The van der Waals surface area contributed by atoms with Crippen molar-refractivity contribution < 1.29 is 4.79 Å². The lowest BCUT2D eigenvalue weighted by Crippen LogP contribution is -2.26. The summed E-state index contributed by atoms with van der Waals surface area (Å²) in [5.41, 5.74) is 11.4. The Morgan fingerprint density at radius 1 is 0.833 bits per heavy atom. The van der Waals surface area contributed by atoms with Gasteiger partial charge in [0.25, 0.3) is 0 Å². The monoisotopic (exact) mass is 397 g/mol. The number of amides is 1. The molecule has 2 nitrogen and oxygen atoms in total. The van der Waals surface area contributed by atoms with Gasteiger partial charge in [-0.15, -0.1) is 0 Å². The molecule has 1 amide bonds. The second-order valence-corrected chi connectivity index (χ2v) is 8.57. The van der Waals surface area contributed by atoms with Crippen LogP contribution >= 0.6 is 0 Å². The molecule has 0 saturated heterocycles. The first-order valence-corrected chi connectivity index (χ1v) is 11.2. The third kappa shape index (κ3) is 4.81. The number of fused-ring (bicyclic) bond motifs is 1. The Balaban J connectivity index is 1.51. The summed E-state index contributed by atoms with van der Waals surface area (Å²) in [7, 11) is 0. The molecule has 0 radical (unpaired) electrons. The van der Waals surface area contributed by atoms with Gasteiger partial charge in [0.15, 0.2) is 0 Å². The maximum Gasteiger partial charge on any atom is 0.220 e. The van der Waals surface area contributed by atoms with Crippen molar-refractivity contribution in [1.82, 2.24) is 0 Å². The van der Waals surface area contributed by atoms with E-state index in [4.69, 9.17) is 5.73 Å². The van der Waals surface area contributed by atoms with Crippen LogP contribution in [0.5, 0.6) is 0 Å². The molecule has 1 aliphatic carbocycles. The van der Waals surface area contributed by atoms with Gasteiger partial charge in [-0.1, -0.05) is 84.9 Å². The topological polar surface area (TPSA) is 43.1 Å². The highest BCUT2D eigenvalue weighted by Gasteiger charge is 2.27. The Morgan fingerprint density at radius 2 is 1.43 bits per heavy atom. The summed E-state index contributed by atoms with van der Waals surface area (Å²) in [6.07, 6.45) is 6.12. The molecule has 30 heavy (non-hydrogen) atoms. The quantitative estimate of drug-likeness (QED) is 0.482. The third-order valence-electron chi connectivity index (χ3n) is 6.67. The molecule has 0 saturated carbocycles. The summed E-state index contributed by atoms with van der Waals surface area (Å²) in [6.45, 7) is 0. The minimum atomic E-state index is -0.155. The van der Waals surface area contributed by atoms with Crippen LogP contribution < -0.4 is 5.73 Å². The highest BCUT2D eigenvalue weighted by Crippen LogP contribution is 2.38. The smallest absolute Gasteiger partial charge is 0.220 e. The van der Waals surface area contributed by atoms with Gasteiger partial charge < -0.3 is 5.73 Å². The third-order valence-corrected chi connectivity index (χ3v) is 6.67. The van der Waals surface area contributed by atoms with Gasteiger partial charge in [-0.2, -0.15) is 0 Å². The zero-order valence-electron chi connectivity index (χ0n) is 17.5. The van der Waals surface area contributed by atoms with Crippen LogP contribution in [0, 0.1) is 5.92 Å². The maximum atomic E-state index is 12.4. The van der Waals surface area contributed by atoms with Crippen molar-refractivity contribution in [2.45, 2.75) is 50.4 Å². The first kappa shape index (κ1) is 20.4. The second kappa shape index (κ2) is 9.75. The van der Waals surface area contributed by atoms with Crippen LogP contribution in [0.4, 0.5) is 0 Å². The molecule has 1 aliphatic rings. The molecular weight excluding hydrogens is 366 g/mol. The van der Waals surface area contributed by atoms with Gasteiger partial charge in [-0.05, 0) is 66.7 Å². The van der Waals surface area contributed by atoms with Gasteiger partial charge in [-0.25, -0.2) is 0 Å². The lowest BCUT2D eigenvalue weighted by Gasteiger charge is -2.29. The standard InChI is InChI=1S/C28H31NO/c29-28(30)25(20-24-16-9-15-23-14-7-8-17-26(23)24)18-19-27(21-10-3-1-4-11-21)22-12-5-2-6-13-22/h1-8,10-14,17,24-25,27H,9,15-16,18-20H2,(H2,29,30). The molecule has 2 N–H and O–H groups in total. The van der Waals surface area contributed by atoms with Crippen molar-refractivity contribution in [3.63, 3.8) is 0 Å². The van der Waals surface area contributed by atoms with Gasteiger partial charge in [-0.3, -0.25) is 4.79 Å². The summed E-state index contributed by atoms with van der Waals surface area (Å²) in [5.74, 6) is 0.487. The van der Waals surface area contributed by atoms with Gasteiger partial charge >= 0.3 is 0 Å². The first-order chi connectivity index (χ1) is 14.7. The van der Waals surface area contributed by atoms with Crippen LogP contribution in [0.2, 0.25) is 0 Å². The molecule has 0 aliphatic heterocycles. The fraction of sp³-hybridized carbons (Fsp3) is 0.321. The van der Waals surface area contributed by atoms with Crippen molar-refractivity contribution in [2.75, 3.05) is 0 Å². The predicted octanol–water partition coefficient (Wildman–Crippen LogP) is 6.21. The van der Waals surface area contributed by atoms with E-state index in [9.17, 15) is 4.79 Å². The molecule has 0 heterocycles. The van der Waals surface area contributed by atoms with E-state index in [1.165, 1.54) is 28.7 Å². The van der Waals surface area contributed by atoms with Crippen LogP contribution in [0.25, 0.3) is 0 Å². The number of nitrogens with two attached hydrogens (primary N) is 1. The van der Waals surface area contributed by atoms with E-state index < -0.39 is 0 Å². The van der Waals surface area contributed by atoms with Crippen LogP contribution in [0.1, 0.15) is 66.2 Å². The summed E-state index contributed by atoms with van der Waals surface area (Å²) in [4.78, 5) is 12.4. The average molecular weight is 398 g/mol. The lowest BCUT2D eigenvalue weighted by molar-refractivity contribution is -0.122. The van der Waals surface area contributed by atoms with E-state index in [0.717, 1.165) is 32.1 Å². The van der Waals surface area contributed by atoms with Crippen molar-refractivity contribution in [3.05, 3.63) is 107 Å². The Labute approximate surface area is 180 Å². The summed E-state index contributed by atoms with van der Waals surface area (Å²) < 4.78 is 0. The SMILES string of the molecule is NC(=O)C(CCC(c1ccccc1)c1ccccc1)CC1CCCc2ccccc21. The van der Waals surface area contributed by atoms with Crippen LogP contribution in [-0.2, 0) is 11.2 Å². The van der Waals surface area contributed by atoms with E-state index in [1.54, 1.807) is 0 Å². The Morgan fingerprint density at radius 3 is 2.07 bits per heavy atom. The number of hydrogen-bond donors (Lipinski definition) is 1. The maximum absolute atomic E-state index is 12.4. The second-order valence-electron chi connectivity index (χ2n) is 8.57. The number of benzene rings is 3. The molecule has 2 heteroatoms. The van der Waals surface area contributed by atoms with Crippen LogP contribution in [0.15, 0.2) is 84.9 Å². The molecule has 0 fully saturated rings. The van der Waals surface area contributed by atoms with E-state index in [0.29, 0.717) is 5.92 Å². The molecule has 0 aromatic heterocycles. The van der Waals surface area contributed by atoms with Gasteiger partial charge in [0.05, 0.1) is 0 Å². The Bertz CT molecular complexity index is 911. The fourth-order valence-electron chi connectivity index (χ4n) is 5.08. The number of hydrogen-bond acceptors (Lipinski definition) is 1. The number of rotatable bonds is 8. The molecule has 3 aromatic carbocycles. The molecule has 4 rings (SSSR count). The number of carbonyl (C=O) groups is 1. The van der Waals surface area contributed by atoms with Gasteiger partial charge in [0.2, 0.25) is 5.91 Å². The van der Waals surface area contributed by atoms with E-state index in [1.807, 2.05) is 0 Å². The highest BCUT2D eigenvalue weighted by molar-refractivity contribution is 5.76. The van der Waals surface area contributed by atoms with E-state index in [-0.39, 0.29) is 17.7 Å². The molecular formula is C28H31NO. The van der Waals surface area contributed by atoms with Crippen molar-refractivity contribution >= 4 is 5.91 Å². The summed E-state index contributed by atoms with van der Waals surface area (Å²) >= 11 is 0. The lowest BCUT2D eigenvalue weighted by atomic mass is 9.76. The molecule has 2 unspecified atom stereocenters. The minimum Gasteiger partial charge on any atom is -0.369 e. The normalized spacial score (nSPS) is 16.8. The van der Waals surface area contributed by atoms with Gasteiger partial charge in [0, 0.05) is 11.8 Å². The predicted molar refractivity (Wildman–Crippen MR) is 123 cm³/mol. The largest absolute Gasteiger partial charge is 0.369 e. The highest BCUT2D eigenvalue weighted by atomic mass is 16.1. The Kier molecular flexibility index (Phi) is 6.63. The number of primary amides is 1. The zero-order chi connectivity index (χ0) is 20.8. The van der Waals surface area contributed by atoms with Crippen LogP contribution in [-0.4, -0.2) is 5.91 Å². The fourth-order valence-corrected chi connectivity index (χ4v) is 5.08. The average Bonchev–Trinajstić information content (AvgIpc) is 2.80. The minimum absolute atomic E-state index is 0.0870. The van der Waals surface area contributed by atoms with E-state index in [2.05, 4.69) is 84.9 Å². The van der Waals surface area contributed by atoms with Crippen molar-refractivity contribution in [3.8, 4) is 0 Å². The number of aryl methyl sites for hydroxylation is 1. The van der Waals surface area contributed by atoms with Crippen molar-refractivity contribution in [2.24, 2.45) is 11.7 Å². The first-order valence-electron chi connectivity index (χ1n) is 11.2. The zero-order valence-corrected chi connectivity index (χ0v) is 17.5. The van der Waals surface area contributed by atoms with Gasteiger partial charge in [0.1, 0.15) is 0 Å². The summed E-state index contributed by atoms with van der Waals surface area (Å²) in [5, 5.41) is 0. The molecule has 0 bridgehead atoms. The molecule has 3 aromatic rings. The van der Waals surface area contributed by atoms with E-state index >= 15 is 0 Å². The molecule has 154 valence electrons. The Hall–Kier alpha value is -2.87. The van der Waals surface area contributed by atoms with Crippen molar-refractivity contribution in [1.29, 1.82) is 0 Å².